The Bertz CT molecular complexity index is 1040. The van der Waals surface area contributed by atoms with Crippen LogP contribution in [0.4, 0.5) is 0 Å². The van der Waals surface area contributed by atoms with Gasteiger partial charge in [0.2, 0.25) is 4.75 Å². The summed E-state index contributed by atoms with van der Waals surface area (Å²) in [6.07, 6.45) is 21.1. The van der Waals surface area contributed by atoms with Gasteiger partial charge in [0, 0.05) is 0 Å². The molecule has 8 unspecified atom stereocenters. The van der Waals surface area contributed by atoms with Crippen molar-refractivity contribution in [2.24, 2.45) is 53.3 Å². The fourth-order valence-corrected chi connectivity index (χ4v) is 9.37. The van der Waals surface area contributed by atoms with Crippen molar-refractivity contribution in [2.45, 2.75) is 215 Å². The molecule has 0 rings (SSSR count). The lowest BCUT2D eigenvalue weighted by atomic mass is 9.80. The highest BCUT2D eigenvalue weighted by Crippen LogP contribution is 2.38. The molecule has 0 aliphatic rings. The number of hydrogen-bond donors (Lipinski definition) is 3. The van der Waals surface area contributed by atoms with Crippen molar-refractivity contribution in [3.8, 4) is 0 Å². The second kappa shape index (κ2) is 27.4. The van der Waals surface area contributed by atoms with E-state index in [-0.39, 0.29) is 24.7 Å². The third-order valence-corrected chi connectivity index (χ3v) is 13.8. The van der Waals surface area contributed by atoms with Crippen molar-refractivity contribution in [1.82, 2.24) is 0 Å². The van der Waals surface area contributed by atoms with Crippen LogP contribution < -0.4 is 0 Å². The molecule has 0 saturated carbocycles. The first-order chi connectivity index (χ1) is 24.2. The number of carboxylic acid groups (broad SMARTS) is 2. The maximum absolute atomic E-state index is 12.8. The predicted molar refractivity (Wildman–Crippen MR) is 219 cm³/mol. The van der Waals surface area contributed by atoms with E-state index in [4.69, 9.17) is 0 Å². The first-order valence-electron chi connectivity index (χ1n) is 21.7. The Morgan fingerprint density at radius 3 is 0.962 bits per heavy atom. The molecule has 0 fully saturated rings. The summed E-state index contributed by atoms with van der Waals surface area (Å²) >= 11 is 0. The van der Waals surface area contributed by atoms with E-state index in [0.29, 0.717) is 18.3 Å². The zero-order valence-electron chi connectivity index (χ0n) is 35.6. The maximum Gasteiger partial charge on any atom is 0.328 e. The summed E-state index contributed by atoms with van der Waals surface area (Å²) in [6, 6.07) is 0. The molecule has 0 aliphatic carbocycles. The van der Waals surface area contributed by atoms with Crippen LogP contribution in [-0.2, 0) is 19.7 Å². The molecule has 52 heavy (non-hydrogen) atoms. The Morgan fingerprint density at radius 2 is 0.712 bits per heavy atom. The largest absolute Gasteiger partial charge is 0.481 e. The number of aliphatic carboxylic acids is 2. The first-order valence-corrected chi connectivity index (χ1v) is 23.1. The fraction of sp³-hybridized carbons (Fsp3) is 0.955. The minimum atomic E-state index is -5.21. The summed E-state index contributed by atoms with van der Waals surface area (Å²) in [7, 11) is -5.21. The molecule has 0 aromatic rings. The van der Waals surface area contributed by atoms with E-state index in [9.17, 15) is 32.8 Å². The van der Waals surface area contributed by atoms with Crippen LogP contribution in [0, 0.1) is 53.3 Å². The molecule has 0 amide bonds. The molecule has 0 heterocycles. The van der Waals surface area contributed by atoms with Gasteiger partial charge < -0.3 is 10.2 Å². The molecule has 7 nitrogen and oxygen atoms in total. The van der Waals surface area contributed by atoms with Gasteiger partial charge in [0.1, 0.15) is 0 Å². The number of rotatable bonds is 34. The average molecular weight is 759 g/mol. The third-order valence-electron chi connectivity index (χ3n) is 12.2. The molecule has 0 aromatic heterocycles. The second-order valence-electron chi connectivity index (χ2n) is 18.7. The van der Waals surface area contributed by atoms with Gasteiger partial charge in [0.15, 0.2) is 0 Å². The quantitative estimate of drug-likeness (QED) is 0.0557. The lowest BCUT2D eigenvalue weighted by molar-refractivity contribution is -0.152. The number of carbonyl (C=O) groups is 2. The lowest BCUT2D eigenvalue weighted by Crippen LogP contribution is -2.55. The van der Waals surface area contributed by atoms with E-state index >= 15 is 0 Å². The molecular weight excluding hydrogens is 673 g/mol. The number of carboxylic acids is 2. The first kappa shape index (κ1) is 50.9. The fourth-order valence-electron chi connectivity index (χ4n) is 8.19. The topological polar surface area (TPSA) is 129 Å². The molecule has 0 aliphatic heterocycles. The van der Waals surface area contributed by atoms with Crippen molar-refractivity contribution in [1.29, 1.82) is 0 Å². The van der Waals surface area contributed by atoms with Crippen LogP contribution >= 0.6 is 0 Å². The molecule has 310 valence electrons. The van der Waals surface area contributed by atoms with Crippen LogP contribution in [0.25, 0.3) is 0 Å². The van der Waals surface area contributed by atoms with Gasteiger partial charge in [-0.3, -0.25) is 14.1 Å². The van der Waals surface area contributed by atoms with Crippen LogP contribution in [0.2, 0.25) is 0 Å². The van der Waals surface area contributed by atoms with Gasteiger partial charge in [-0.25, -0.2) is 0 Å². The van der Waals surface area contributed by atoms with Crippen molar-refractivity contribution < 1.29 is 32.8 Å². The van der Waals surface area contributed by atoms with E-state index < -0.39 is 39.1 Å². The standard InChI is InChI=1S/C44H86O7S/c1-33(2)17-11-19-35(5)21-13-23-37(7)25-15-27-39(9)29-30-41(42(45)46)44(43(47)48,52(49,50)51)32-31-40(10)28-16-26-38(8)24-14-22-36(6)20-12-18-34(3)4/h33-41H,11-32H2,1-10H3,(H,45,46)(H,47,48)(H,49,50,51). The van der Waals surface area contributed by atoms with E-state index in [1.165, 1.54) is 77.0 Å². The van der Waals surface area contributed by atoms with E-state index in [1.807, 2.05) is 13.8 Å². The summed E-state index contributed by atoms with van der Waals surface area (Å²) in [5.74, 6) is -0.563. The van der Waals surface area contributed by atoms with Gasteiger partial charge in [-0.05, 0) is 73.0 Å². The van der Waals surface area contributed by atoms with Crippen LogP contribution in [0.3, 0.4) is 0 Å². The van der Waals surface area contributed by atoms with Crippen molar-refractivity contribution in [3.05, 3.63) is 0 Å². The second-order valence-corrected chi connectivity index (χ2v) is 20.4. The van der Waals surface area contributed by atoms with Gasteiger partial charge in [-0.15, -0.1) is 0 Å². The Morgan fingerprint density at radius 1 is 0.442 bits per heavy atom. The molecule has 0 radical (unpaired) electrons. The monoisotopic (exact) mass is 759 g/mol. The summed E-state index contributed by atoms with van der Waals surface area (Å²) in [6.45, 7) is 22.4. The maximum atomic E-state index is 12.8. The minimum absolute atomic E-state index is 0.0112. The van der Waals surface area contributed by atoms with E-state index in [1.54, 1.807) is 0 Å². The smallest absolute Gasteiger partial charge is 0.328 e. The van der Waals surface area contributed by atoms with Crippen LogP contribution in [0.15, 0.2) is 0 Å². The molecule has 0 saturated heterocycles. The van der Waals surface area contributed by atoms with E-state index in [0.717, 1.165) is 62.2 Å². The highest BCUT2D eigenvalue weighted by atomic mass is 32.2. The van der Waals surface area contributed by atoms with Crippen molar-refractivity contribution >= 4 is 22.1 Å². The average Bonchev–Trinajstić information content (AvgIpc) is 3.01. The normalized spacial score (nSPS) is 17.7. The molecule has 8 heteroatoms. The molecular formula is C44H86O7S. The van der Waals surface area contributed by atoms with Crippen molar-refractivity contribution in [3.63, 3.8) is 0 Å². The minimum Gasteiger partial charge on any atom is -0.481 e. The summed E-state index contributed by atoms with van der Waals surface area (Å²) < 4.78 is 33.2. The lowest BCUT2D eigenvalue weighted by Gasteiger charge is -2.33. The molecule has 0 bridgehead atoms. The van der Waals surface area contributed by atoms with Crippen molar-refractivity contribution in [2.75, 3.05) is 0 Å². The predicted octanol–water partition coefficient (Wildman–Crippen LogP) is 13.1. The third kappa shape index (κ3) is 22.3. The van der Waals surface area contributed by atoms with Crippen LogP contribution in [0.5, 0.6) is 0 Å². The van der Waals surface area contributed by atoms with Gasteiger partial charge in [-0.1, -0.05) is 185 Å². The summed E-state index contributed by atoms with van der Waals surface area (Å²) in [5.41, 5.74) is 0. The SMILES string of the molecule is CC(C)CCCC(C)CCCC(C)CCCC(C)CCC(C(=O)O)C(CCC(C)CCCC(C)CCCC(C)CCCC(C)C)(C(=O)O)S(=O)(=O)O. The highest BCUT2D eigenvalue weighted by Gasteiger charge is 2.59. The van der Waals surface area contributed by atoms with Gasteiger partial charge >= 0.3 is 11.9 Å². The van der Waals surface area contributed by atoms with Gasteiger partial charge in [0.25, 0.3) is 10.1 Å². The zero-order valence-corrected chi connectivity index (χ0v) is 36.5. The van der Waals surface area contributed by atoms with E-state index in [2.05, 4.69) is 55.4 Å². The summed E-state index contributed by atoms with van der Waals surface area (Å²) in [4.78, 5) is 25.2. The molecule has 0 aromatic carbocycles. The molecule has 8 atom stereocenters. The Labute approximate surface area is 322 Å². The molecule has 0 spiro atoms. The molecule has 3 N–H and O–H groups in total. The van der Waals surface area contributed by atoms with Gasteiger partial charge in [0.05, 0.1) is 5.92 Å². The van der Waals surface area contributed by atoms with Crippen LogP contribution in [0.1, 0.15) is 210 Å². The number of hydrogen-bond acceptors (Lipinski definition) is 4. The Hall–Kier alpha value is -1.15. The Balaban J connectivity index is 4.92. The summed E-state index contributed by atoms with van der Waals surface area (Å²) in [5, 5.41) is 20.4. The van der Waals surface area contributed by atoms with Crippen LogP contribution in [-0.4, -0.2) is 39.9 Å². The Kier molecular flexibility index (Phi) is 26.8. The van der Waals surface area contributed by atoms with Gasteiger partial charge in [-0.2, -0.15) is 8.42 Å². The zero-order chi connectivity index (χ0) is 39.9. The highest BCUT2D eigenvalue weighted by molar-refractivity contribution is 7.88.